The van der Waals surface area contributed by atoms with Crippen molar-refractivity contribution in [2.24, 2.45) is 0 Å². The monoisotopic (exact) mass is 298 g/mol. The van der Waals surface area contributed by atoms with Crippen LogP contribution >= 0.6 is 15.9 Å². The minimum atomic E-state index is 0.685. The Balaban J connectivity index is 1.61. The molecule has 0 aromatic carbocycles. The van der Waals surface area contributed by atoms with Gasteiger partial charge in [-0.2, -0.15) is 0 Å². The third-order valence-corrected chi connectivity index (χ3v) is 4.42. The first-order valence-electron chi connectivity index (χ1n) is 6.52. The fourth-order valence-electron chi connectivity index (χ4n) is 2.60. The molecule has 2 fully saturated rings. The molecule has 1 atom stereocenters. The zero-order chi connectivity index (χ0) is 11.7. The van der Waals surface area contributed by atoms with E-state index in [4.69, 9.17) is 4.42 Å². The summed E-state index contributed by atoms with van der Waals surface area (Å²) < 4.78 is 6.63. The number of furan rings is 1. The summed E-state index contributed by atoms with van der Waals surface area (Å²) in [6, 6.07) is 3.45. The zero-order valence-electron chi connectivity index (χ0n) is 9.99. The van der Waals surface area contributed by atoms with Gasteiger partial charge in [0.1, 0.15) is 5.76 Å². The fraction of sp³-hybridized carbons (Fsp3) is 0.692. The van der Waals surface area contributed by atoms with Crippen LogP contribution in [0.2, 0.25) is 0 Å². The summed E-state index contributed by atoms with van der Waals surface area (Å²) >= 11 is 3.54. The Morgan fingerprint density at radius 1 is 1.41 bits per heavy atom. The van der Waals surface area contributed by atoms with Gasteiger partial charge < -0.3 is 9.73 Å². The molecular formula is C13H19BrN2O. The van der Waals surface area contributed by atoms with Gasteiger partial charge in [-0.1, -0.05) is 0 Å². The van der Waals surface area contributed by atoms with E-state index in [2.05, 4.69) is 26.1 Å². The second-order valence-electron chi connectivity index (χ2n) is 5.15. The van der Waals surface area contributed by atoms with Crippen LogP contribution in [-0.4, -0.2) is 30.1 Å². The quantitative estimate of drug-likeness (QED) is 0.906. The topological polar surface area (TPSA) is 28.4 Å². The molecule has 0 radical (unpaired) electrons. The number of halogens is 1. The van der Waals surface area contributed by atoms with Crippen molar-refractivity contribution in [1.82, 2.24) is 10.2 Å². The summed E-state index contributed by atoms with van der Waals surface area (Å²) in [5.41, 5.74) is 0. The average molecular weight is 299 g/mol. The normalized spacial score (nSPS) is 24.7. The summed E-state index contributed by atoms with van der Waals surface area (Å²) in [4.78, 5) is 2.58. The largest absolute Gasteiger partial charge is 0.467 e. The van der Waals surface area contributed by atoms with Crippen molar-refractivity contribution in [1.29, 1.82) is 0 Å². The van der Waals surface area contributed by atoms with Gasteiger partial charge in [0.15, 0.2) is 0 Å². The first-order valence-corrected chi connectivity index (χ1v) is 7.31. The van der Waals surface area contributed by atoms with Gasteiger partial charge in [0.2, 0.25) is 0 Å². The molecule has 1 aromatic heterocycles. The highest BCUT2D eigenvalue weighted by Crippen LogP contribution is 2.30. The first-order chi connectivity index (χ1) is 8.33. The maximum Gasteiger partial charge on any atom is 0.131 e. The van der Waals surface area contributed by atoms with Crippen molar-refractivity contribution in [2.45, 2.75) is 44.3 Å². The molecule has 4 heteroatoms. The lowest BCUT2D eigenvalue weighted by atomic mass is 10.2. The van der Waals surface area contributed by atoms with Gasteiger partial charge in [-0.15, -0.1) is 0 Å². The predicted molar refractivity (Wildman–Crippen MR) is 70.9 cm³/mol. The molecule has 3 rings (SSSR count). The van der Waals surface area contributed by atoms with Crippen molar-refractivity contribution in [2.75, 3.05) is 13.1 Å². The maximum atomic E-state index is 5.53. The molecule has 0 spiro atoms. The van der Waals surface area contributed by atoms with E-state index in [-0.39, 0.29) is 0 Å². The Morgan fingerprint density at radius 3 is 2.88 bits per heavy atom. The van der Waals surface area contributed by atoms with Crippen LogP contribution < -0.4 is 5.32 Å². The summed E-state index contributed by atoms with van der Waals surface area (Å²) in [7, 11) is 0. The Bertz CT molecular complexity index is 369. The number of hydrogen-bond acceptors (Lipinski definition) is 3. The SMILES string of the molecule is Brc1ccoc1CN(CC1CCCN1)C1CC1. The molecule has 3 nitrogen and oxygen atoms in total. The smallest absolute Gasteiger partial charge is 0.131 e. The van der Waals surface area contributed by atoms with Crippen LogP contribution in [0.5, 0.6) is 0 Å². The minimum Gasteiger partial charge on any atom is -0.467 e. The summed E-state index contributed by atoms with van der Waals surface area (Å²) in [5.74, 6) is 1.06. The molecular weight excluding hydrogens is 280 g/mol. The van der Waals surface area contributed by atoms with Gasteiger partial charge in [-0.25, -0.2) is 0 Å². The van der Waals surface area contributed by atoms with Gasteiger partial charge >= 0.3 is 0 Å². The van der Waals surface area contributed by atoms with E-state index in [1.165, 1.54) is 32.2 Å². The fourth-order valence-corrected chi connectivity index (χ4v) is 2.93. The lowest BCUT2D eigenvalue weighted by Gasteiger charge is -2.24. The van der Waals surface area contributed by atoms with Gasteiger partial charge in [0.05, 0.1) is 17.3 Å². The van der Waals surface area contributed by atoms with Crippen molar-refractivity contribution in [3.63, 3.8) is 0 Å². The number of hydrogen-bond donors (Lipinski definition) is 1. The highest BCUT2D eigenvalue weighted by atomic mass is 79.9. The predicted octanol–water partition coefficient (Wildman–Crippen LogP) is 2.76. The van der Waals surface area contributed by atoms with Crippen LogP contribution in [0.1, 0.15) is 31.4 Å². The lowest BCUT2D eigenvalue weighted by molar-refractivity contribution is 0.213. The molecule has 0 amide bonds. The summed E-state index contributed by atoms with van der Waals surface area (Å²) in [6.07, 6.45) is 7.12. The van der Waals surface area contributed by atoms with Gasteiger partial charge in [-0.3, -0.25) is 4.90 Å². The van der Waals surface area contributed by atoms with Crippen LogP contribution in [0.4, 0.5) is 0 Å². The van der Waals surface area contributed by atoms with E-state index in [9.17, 15) is 0 Å². The number of rotatable bonds is 5. The molecule has 1 N–H and O–H groups in total. The van der Waals surface area contributed by atoms with Crippen LogP contribution in [0.3, 0.4) is 0 Å². The second-order valence-corrected chi connectivity index (χ2v) is 6.00. The Labute approximate surface area is 111 Å². The van der Waals surface area contributed by atoms with Crippen molar-refractivity contribution in [3.05, 3.63) is 22.6 Å². The molecule has 1 saturated heterocycles. The van der Waals surface area contributed by atoms with E-state index >= 15 is 0 Å². The van der Waals surface area contributed by atoms with E-state index in [0.29, 0.717) is 6.04 Å². The van der Waals surface area contributed by atoms with E-state index in [1.54, 1.807) is 6.26 Å². The highest BCUT2D eigenvalue weighted by Gasteiger charge is 2.32. The average Bonchev–Trinajstić information content (AvgIpc) is 2.91. The Morgan fingerprint density at radius 2 is 2.29 bits per heavy atom. The van der Waals surface area contributed by atoms with Gasteiger partial charge in [0, 0.05) is 18.6 Å². The maximum absolute atomic E-state index is 5.53. The molecule has 94 valence electrons. The number of nitrogens with one attached hydrogen (secondary N) is 1. The minimum absolute atomic E-state index is 0.685. The van der Waals surface area contributed by atoms with Crippen LogP contribution in [0.15, 0.2) is 21.2 Å². The molecule has 1 aromatic rings. The second kappa shape index (κ2) is 5.12. The van der Waals surface area contributed by atoms with Crippen LogP contribution in [-0.2, 0) is 6.54 Å². The Hall–Kier alpha value is -0.320. The van der Waals surface area contributed by atoms with E-state index in [1.807, 2.05) is 6.07 Å². The molecule has 1 aliphatic heterocycles. The van der Waals surface area contributed by atoms with E-state index < -0.39 is 0 Å². The molecule has 1 saturated carbocycles. The third-order valence-electron chi connectivity index (χ3n) is 3.72. The molecule has 1 unspecified atom stereocenters. The van der Waals surface area contributed by atoms with Gasteiger partial charge in [-0.05, 0) is 54.2 Å². The van der Waals surface area contributed by atoms with Crippen molar-refractivity contribution >= 4 is 15.9 Å². The third kappa shape index (κ3) is 2.92. The first kappa shape index (κ1) is 11.8. The molecule has 0 bridgehead atoms. The van der Waals surface area contributed by atoms with E-state index in [0.717, 1.165) is 29.4 Å². The van der Waals surface area contributed by atoms with Crippen LogP contribution in [0, 0.1) is 0 Å². The molecule has 2 heterocycles. The van der Waals surface area contributed by atoms with Crippen molar-refractivity contribution in [3.8, 4) is 0 Å². The molecule has 1 aliphatic carbocycles. The Kier molecular flexibility index (Phi) is 3.54. The molecule has 2 aliphatic rings. The zero-order valence-corrected chi connectivity index (χ0v) is 11.6. The summed E-state index contributed by atoms with van der Waals surface area (Å²) in [5, 5.41) is 3.58. The standard InChI is InChI=1S/C13H19BrN2O/c14-12-5-7-17-13(12)9-16(11-3-4-11)8-10-2-1-6-15-10/h5,7,10-11,15H,1-4,6,8-9H2. The van der Waals surface area contributed by atoms with Crippen LogP contribution in [0.25, 0.3) is 0 Å². The van der Waals surface area contributed by atoms with Gasteiger partial charge in [0.25, 0.3) is 0 Å². The summed E-state index contributed by atoms with van der Waals surface area (Å²) in [6.45, 7) is 3.29. The highest BCUT2D eigenvalue weighted by molar-refractivity contribution is 9.10. The lowest BCUT2D eigenvalue weighted by Crippen LogP contribution is -2.38. The number of nitrogens with zero attached hydrogens (tertiary/aromatic N) is 1. The van der Waals surface area contributed by atoms with Crippen molar-refractivity contribution < 1.29 is 4.42 Å². The molecule has 17 heavy (non-hydrogen) atoms.